The van der Waals surface area contributed by atoms with E-state index in [2.05, 4.69) is 25.8 Å². The molecule has 3 N–H and O–H groups in total. The van der Waals surface area contributed by atoms with Crippen molar-refractivity contribution in [1.29, 1.82) is 0 Å². The fourth-order valence-electron chi connectivity index (χ4n) is 4.31. The summed E-state index contributed by atoms with van der Waals surface area (Å²) in [5.74, 6) is -3.34. The Morgan fingerprint density at radius 1 is 1.19 bits per heavy atom. The van der Waals surface area contributed by atoms with Crippen LogP contribution < -0.4 is 20.2 Å². The number of likely N-dealkylation sites (N-methyl/N-ethyl adjacent to an activating group) is 1. The molecule has 0 saturated carbocycles. The van der Waals surface area contributed by atoms with Crippen LogP contribution in [0.25, 0.3) is 10.9 Å². The van der Waals surface area contributed by atoms with E-state index in [4.69, 9.17) is 4.74 Å². The second-order valence-corrected chi connectivity index (χ2v) is 9.59. The Bertz CT molecular complexity index is 1450. The van der Waals surface area contributed by atoms with E-state index < -0.39 is 29.1 Å². The maximum absolute atomic E-state index is 15.0. The fourth-order valence-corrected chi connectivity index (χ4v) is 5.17. The number of amides is 1. The number of hydrogen-bond donors (Lipinski definition) is 3. The number of carbonyl (C=O) groups is 1. The summed E-state index contributed by atoms with van der Waals surface area (Å²) in [6.45, 7) is 4.12. The third-order valence-electron chi connectivity index (χ3n) is 6.00. The minimum Gasteiger partial charge on any atom is -0.489 e. The first-order valence-corrected chi connectivity index (χ1v) is 12.6. The average Bonchev–Trinajstić information content (AvgIpc) is 3.28. The van der Waals surface area contributed by atoms with E-state index in [0.717, 1.165) is 45.6 Å². The van der Waals surface area contributed by atoms with Gasteiger partial charge in [0.1, 0.15) is 34.6 Å². The van der Waals surface area contributed by atoms with Crippen molar-refractivity contribution in [1.82, 2.24) is 25.8 Å². The van der Waals surface area contributed by atoms with Gasteiger partial charge in [-0.2, -0.15) is 5.10 Å². The zero-order chi connectivity index (χ0) is 26.5. The number of nitrogens with one attached hydrogen (secondary N) is 3. The van der Waals surface area contributed by atoms with E-state index in [9.17, 15) is 18.4 Å². The molecule has 0 radical (unpaired) electrons. The van der Waals surface area contributed by atoms with Crippen LogP contribution in [0.1, 0.15) is 45.9 Å². The molecule has 2 aromatic carbocycles. The molecule has 194 valence electrons. The Kier molecular flexibility index (Phi) is 8.24. The number of pyridine rings is 1. The molecule has 0 aliphatic rings. The normalized spacial score (nSPS) is 12.9. The summed E-state index contributed by atoms with van der Waals surface area (Å²) in [6, 6.07) is 10.9. The molecule has 0 spiro atoms. The number of H-pyrrole nitrogens is 1. The summed E-state index contributed by atoms with van der Waals surface area (Å²) in [7, 11) is 1.69. The number of aryl methyl sites for hydroxylation is 1. The summed E-state index contributed by atoms with van der Waals surface area (Å²) in [4.78, 5) is 28.7. The van der Waals surface area contributed by atoms with Gasteiger partial charge in [-0.05, 0) is 32.5 Å². The molecule has 1 amide bonds. The van der Waals surface area contributed by atoms with Crippen molar-refractivity contribution < 1.29 is 18.3 Å². The first-order valence-electron chi connectivity index (χ1n) is 11.8. The number of fused-ring (bicyclic) bond motifs is 1. The molecule has 2 atom stereocenters. The van der Waals surface area contributed by atoms with Gasteiger partial charge in [0.2, 0.25) is 0 Å². The number of hydrogen-bond acceptors (Lipinski definition) is 7. The number of carbonyl (C=O) groups excluding carboxylic acids is 1. The van der Waals surface area contributed by atoms with Crippen LogP contribution in [0, 0.1) is 18.6 Å². The number of ether oxygens (including phenoxy) is 1. The van der Waals surface area contributed by atoms with Crippen LogP contribution in [-0.4, -0.2) is 40.7 Å². The Morgan fingerprint density at radius 3 is 2.57 bits per heavy atom. The largest absolute Gasteiger partial charge is 0.489 e. The zero-order valence-corrected chi connectivity index (χ0v) is 21.4. The van der Waals surface area contributed by atoms with Crippen molar-refractivity contribution in [3.63, 3.8) is 0 Å². The van der Waals surface area contributed by atoms with Gasteiger partial charge >= 0.3 is 4.87 Å². The predicted octanol–water partition coefficient (Wildman–Crippen LogP) is 4.06. The minimum absolute atomic E-state index is 0.0374. The standard InChI is InChI=1S/C26H27F2N5O3S/c1-4-17(25-32-33-26(35)37-25)22(12-29-3)31-24(34)23-19(27)10-16(11-20(23)28)36-13-15-9-14(2)30-21-8-6-5-7-18(15)21/h5-11,17,22,29H,4,12-13H2,1-3H3,(H,31,34)(H,33,35)/t17-,22+/m0/s1. The van der Waals surface area contributed by atoms with E-state index in [0.29, 0.717) is 18.0 Å². The highest BCUT2D eigenvalue weighted by Crippen LogP contribution is 2.26. The van der Waals surface area contributed by atoms with Crippen molar-refractivity contribution >= 4 is 28.1 Å². The Labute approximate surface area is 216 Å². The van der Waals surface area contributed by atoms with E-state index in [-0.39, 0.29) is 23.1 Å². The van der Waals surface area contributed by atoms with E-state index >= 15 is 0 Å². The number of halogens is 2. The first kappa shape index (κ1) is 26.4. The number of nitrogens with zero attached hydrogens (tertiary/aromatic N) is 2. The molecule has 8 nitrogen and oxygen atoms in total. The molecule has 2 heterocycles. The maximum Gasteiger partial charge on any atom is 0.322 e. The zero-order valence-electron chi connectivity index (χ0n) is 20.6. The maximum atomic E-state index is 15.0. The third-order valence-corrected chi connectivity index (χ3v) is 6.88. The van der Waals surface area contributed by atoms with Gasteiger partial charge in [-0.25, -0.2) is 13.9 Å². The third kappa shape index (κ3) is 6.00. The van der Waals surface area contributed by atoms with Crippen LogP contribution in [0.3, 0.4) is 0 Å². The number of para-hydroxylation sites is 1. The molecule has 11 heteroatoms. The highest BCUT2D eigenvalue weighted by molar-refractivity contribution is 7.08. The molecular formula is C26H27F2N5O3S. The van der Waals surface area contributed by atoms with Crippen LogP contribution in [0.4, 0.5) is 8.78 Å². The Hall–Kier alpha value is -3.70. The van der Waals surface area contributed by atoms with Gasteiger partial charge < -0.3 is 15.4 Å². The molecule has 37 heavy (non-hydrogen) atoms. The molecule has 0 bridgehead atoms. The molecule has 0 aliphatic carbocycles. The molecule has 4 aromatic rings. The van der Waals surface area contributed by atoms with E-state index in [1.54, 1.807) is 7.05 Å². The van der Waals surface area contributed by atoms with Crippen LogP contribution in [0.15, 0.2) is 47.3 Å². The van der Waals surface area contributed by atoms with Crippen molar-refractivity contribution in [2.45, 2.75) is 38.8 Å². The first-order chi connectivity index (χ1) is 17.8. The number of rotatable bonds is 10. The lowest BCUT2D eigenvalue weighted by atomic mass is 9.97. The quantitative estimate of drug-likeness (QED) is 0.287. The topological polar surface area (TPSA) is 109 Å². The number of aromatic nitrogens is 3. The number of benzene rings is 2. The SMILES string of the molecule is CC[C@H](c1n[nH]c(=O)s1)[C@@H](CNC)NC(=O)c1c(F)cc(OCc2cc(C)nc3ccccc23)cc1F. The minimum atomic E-state index is -1.04. The van der Waals surface area contributed by atoms with Crippen LogP contribution in [0.2, 0.25) is 0 Å². The second-order valence-electron chi connectivity index (χ2n) is 8.59. The highest BCUT2D eigenvalue weighted by Gasteiger charge is 2.28. The monoisotopic (exact) mass is 527 g/mol. The molecule has 0 fully saturated rings. The molecule has 4 rings (SSSR count). The summed E-state index contributed by atoms with van der Waals surface area (Å²) in [5.41, 5.74) is 1.72. The lowest BCUT2D eigenvalue weighted by Crippen LogP contribution is -2.45. The van der Waals surface area contributed by atoms with Crippen molar-refractivity contribution in [2.24, 2.45) is 0 Å². The van der Waals surface area contributed by atoms with Crippen molar-refractivity contribution in [3.05, 3.63) is 85.6 Å². The highest BCUT2D eigenvalue weighted by atomic mass is 32.1. The summed E-state index contributed by atoms with van der Waals surface area (Å²) in [5, 5.41) is 13.4. The Morgan fingerprint density at radius 2 is 1.92 bits per heavy atom. The average molecular weight is 528 g/mol. The summed E-state index contributed by atoms with van der Waals surface area (Å²) < 4.78 is 35.7. The number of aromatic amines is 1. The van der Waals surface area contributed by atoms with E-state index in [1.165, 1.54) is 0 Å². The smallest absolute Gasteiger partial charge is 0.322 e. The molecule has 0 unspecified atom stereocenters. The van der Waals surface area contributed by atoms with Crippen molar-refractivity contribution in [2.75, 3.05) is 13.6 Å². The second kappa shape index (κ2) is 11.6. The van der Waals surface area contributed by atoms with Crippen LogP contribution in [0.5, 0.6) is 5.75 Å². The van der Waals surface area contributed by atoms with Gasteiger partial charge in [0, 0.05) is 41.2 Å². The molecular weight excluding hydrogens is 500 g/mol. The lowest BCUT2D eigenvalue weighted by Gasteiger charge is -2.25. The fraction of sp³-hybridized carbons (Fsp3) is 0.308. The van der Waals surface area contributed by atoms with E-state index in [1.807, 2.05) is 44.2 Å². The van der Waals surface area contributed by atoms with Crippen molar-refractivity contribution in [3.8, 4) is 5.75 Å². The van der Waals surface area contributed by atoms with Gasteiger partial charge in [-0.3, -0.25) is 14.6 Å². The van der Waals surface area contributed by atoms with Gasteiger partial charge in [-0.1, -0.05) is 36.5 Å². The summed E-state index contributed by atoms with van der Waals surface area (Å²) >= 11 is 0.941. The molecule has 0 saturated heterocycles. The lowest BCUT2D eigenvalue weighted by molar-refractivity contribution is 0.0921. The van der Waals surface area contributed by atoms with Crippen LogP contribution >= 0.6 is 11.3 Å². The Balaban J connectivity index is 1.53. The molecule has 0 aliphatic heterocycles. The predicted molar refractivity (Wildman–Crippen MR) is 138 cm³/mol. The van der Waals surface area contributed by atoms with Gasteiger partial charge in [0.15, 0.2) is 0 Å². The van der Waals surface area contributed by atoms with Gasteiger partial charge in [-0.15, -0.1) is 0 Å². The van der Waals surface area contributed by atoms with Gasteiger partial charge in [0.25, 0.3) is 5.91 Å². The molecule has 2 aromatic heterocycles. The summed E-state index contributed by atoms with van der Waals surface area (Å²) in [6.07, 6.45) is 0.550. The van der Waals surface area contributed by atoms with Crippen LogP contribution in [-0.2, 0) is 6.61 Å². The van der Waals surface area contributed by atoms with Gasteiger partial charge in [0.05, 0.1) is 11.6 Å².